The van der Waals surface area contributed by atoms with Crippen LogP contribution in [0.1, 0.15) is 26.3 Å². The molecule has 0 unspecified atom stereocenters. The zero-order valence-corrected chi connectivity index (χ0v) is 11.5. The Bertz CT molecular complexity index is 677. The maximum absolute atomic E-state index is 12.2. The van der Waals surface area contributed by atoms with Crippen molar-refractivity contribution in [2.45, 2.75) is 26.4 Å². The van der Waals surface area contributed by atoms with E-state index >= 15 is 0 Å². The fourth-order valence-electron chi connectivity index (χ4n) is 1.85. The van der Waals surface area contributed by atoms with Crippen LogP contribution in [-0.4, -0.2) is 16.3 Å². The molecule has 0 aliphatic carbocycles. The Labute approximate surface area is 115 Å². The highest BCUT2D eigenvalue weighted by molar-refractivity contribution is 5.90. The van der Waals surface area contributed by atoms with Gasteiger partial charge >= 0.3 is 6.09 Å². The van der Waals surface area contributed by atoms with Crippen LogP contribution < -0.4 is 0 Å². The molecule has 0 bridgehead atoms. The maximum atomic E-state index is 12.2. The van der Waals surface area contributed by atoms with Crippen molar-refractivity contribution in [1.82, 2.24) is 4.57 Å². The van der Waals surface area contributed by atoms with Gasteiger partial charge in [-0.1, -0.05) is 6.07 Å². The molecule has 5 heteroatoms. The number of nitrogens with zero attached hydrogens (tertiary/aromatic N) is 1. The number of rotatable bonds is 1. The molecule has 0 fully saturated rings. The lowest BCUT2D eigenvalue weighted by molar-refractivity contribution is 0.0544. The van der Waals surface area contributed by atoms with E-state index in [0.717, 1.165) is 6.08 Å². The standard InChI is InChI=1S/C15H15F2NO2/c1-15(2,3)20-14(19)18-7-6-11-8-10(9-13(16)17)4-5-12(11)18/h4-9H,1-3H3/i16-1/b13-9-. The van der Waals surface area contributed by atoms with Gasteiger partial charge < -0.3 is 4.74 Å². The van der Waals surface area contributed by atoms with Crippen molar-refractivity contribution in [2.24, 2.45) is 0 Å². The predicted molar refractivity (Wildman–Crippen MR) is 73.8 cm³/mol. The molecule has 0 N–H and O–H groups in total. The van der Waals surface area contributed by atoms with Crippen LogP contribution in [0.15, 0.2) is 36.5 Å². The van der Waals surface area contributed by atoms with Crippen molar-refractivity contribution < 1.29 is 18.3 Å². The minimum atomic E-state index is -1.75. The van der Waals surface area contributed by atoms with E-state index in [9.17, 15) is 13.6 Å². The van der Waals surface area contributed by atoms with Gasteiger partial charge in [0.2, 0.25) is 0 Å². The Morgan fingerprint density at radius 2 is 1.95 bits per heavy atom. The van der Waals surface area contributed by atoms with Crippen LogP contribution in [-0.2, 0) is 4.74 Å². The molecule has 1 aromatic heterocycles. The van der Waals surface area contributed by atoms with Crippen LogP contribution in [0, 0.1) is 0 Å². The molecule has 106 valence electrons. The first-order valence-corrected chi connectivity index (χ1v) is 6.13. The summed E-state index contributed by atoms with van der Waals surface area (Å²) in [6.45, 7) is 5.34. The summed E-state index contributed by atoms with van der Waals surface area (Å²) in [4.78, 5) is 12.0. The molecular formula is C15H15F2NO2. The van der Waals surface area contributed by atoms with E-state index in [1.165, 1.54) is 10.6 Å². The Balaban J connectivity index is 2.38. The molecule has 1 heterocycles. The van der Waals surface area contributed by atoms with Crippen molar-refractivity contribution in [2.75, 3.05) is 0 Å². The van der Waals surface area contributed by atoms with Crippen molar-refractivity contribution in [3.63, 3.8) is 0 Å². The second-order valence-electron chi connectivity index (χ2n) is 5.42. The number of aromatic nitrogens is 1. The van der Waals surface area contributed by atoms with Crippen molar-refractivity contribution >= 4 is 23.1 Å². The molecule has 0 aliphatic rings. The molecule has 0 spiro atoms. The summed E-state index contributed by atoms with van der Waals surface area (Å²) in [6.07, 6.45) is 0.103. The normalized spacial score (nSPS) is 12.8. The molecule has 0 saturated carbocycles. The van der Waals surface area contributed by atoms with Gasteiger partial charge in [-0.05, 0) is 44.5 Å². The maximum Gasteiger partial charge on any atom is 0.418 e. The van der Waals surface area contributed by atoms with Crippen LogP contribution in [0.4, 0.5) is 13.6 Å². The van der Waals surface area contributed by atoms with E-state index < -0.39 is 17.8 Å². The van der Waals surface area contributed by atoms with Crippen LogP contribution in [0.2, 0.25) is 0 Å². The third-order valence-electron chi connectivity index (χ3n) is 2.58. The van der Waals surface area contributed by atoms with Crippen LogP contribution in [0.25, 0.3) is 17.0 Å². The number of halogens is 2. The van der Waals surface area contributed by atoms with E-state index in [0.29, 0.717) is 16.5 Å². The summed E-state index contributed by atoms with van der Waals surface area (Å²) in [7, 11) is 0. The molecule has 3 nitrogen and oxygen atoms in total. The van der Waals surface area contributed by atoms with Gasteiger partial charge in [-0.3, -0.25) is 4.57 Å². The molecule has 2 rings (SSSR count). The number of hydrogen-bond acceptors (Lipinski definition) is 2. The fourth-order valence-corrected chi connectivity index (χ4v) is 1.85. The molecule has 0 radical (unpaired) electrons. The number of fused-ring (bicyclic) bond motifs is 1. The first-order chi connectivity index (χ1) is 9.26. The molecule has 1 aromatic carbocycles. The van der Waals surface area contributed by atoms with Gasteiger partial charge in [0.05, 0.1) is 5.52 Å². The Morgan fingerprint density at radius 1 is 1.25 bits per heavy atom. The van der Waals surface area contributed by atoms with Crippen molar-refractivity contribution in [3.8, 4) is 0 Å². The first kappa shape index (κ1) is 14.2. The van der Waals surface area contributed by atoms with E-state index in [4.69, 9.17) is 4.74 Å². The van der Waals surface area contributed by atoms with E-state index in [2.05, 4.69) is 0 Å². The highest BCUT2D eigenvalue weighted by Gasteiger charge is 2.18. The van der Waals surface area contributed by atoms with Crippen molar-refractivity contribution in [1.29, 1.82) is 0 Å². The fraction of sp³-hybridized carbons (Fsp3) is 0.267. The van der Waals surface area contributed by atoms with Gasteiger partial charge in [-0.25, -0.2) is 4.79 Å². The van der Waals surface area contributed by atoms with Crippen LogP contribution >= 0.6 is 0 Å². The van der Waals surface area contributed by atoms with Gasteiger partial charge in [-0.15, -0.1) is 0 Å². The summed E-state index contributed by atoms with van der Waals surface area (Å²) in [5.41, 5.74) is 0.420. The third-order valence-corrected chi connectivity index (χ3v) is 2.58. The van der Waals surface area contributed by atoms with Gasteiger partial charge in [0.25, 0.3) is 6.08 Å². The summed E-state index contributed by atoms with van der Waals surface area (Å²) in [6, 6.07) is 6.43. The predicted octanol–water partition coefficient (Wildman–Crippen LogP) is 4.66. The van der Waals surface area contributed by atoms with E-state index in [-0.39, 0.29) is 0 Å². The zero-order chi connectivity index (χ0) is 14.9. The average molecular weight is 278 g/mol. The third kappa shape index (κ3) is 3.23. The molecule has 2 aromatic rings. The number of carbonyl (C=O) groups is 1. The summed E-state index contributed by atoms with van der Waals surface area (Å²) in [5, 5.41) is 0.700. The number of ether oxygens (including phenoxy) is 1. The quantitative estimate of drug-likeness (QED) is 0.759. The van der Waals surface area contributed by atoms with Gasteiger partial charge in [-0.2, -0.15) is 8.78 Å². The highest BCUT2D eigenvalue weighted by atomic mass is 19.2. The summed E-state index contributed by atoms with van der Waals surface area (Å²) in [5.74, 6) is 0. The molecule has 0 aliphatic heterocycles. The minimum absolute atomic E-state index is 0.388. The zero-order valence-electron chi connectivity index (χ0n) is 11.5. The number of benzene rings is 1. The lowest BCUT2D eigenvalue weighted by Gasteiger charge is -2.19. The van der Waals surface area contributed by atoms with Gasteiger partial charge in [0.15, 0.2) is 0 Å². The van der Waals surface area contributed by atoms with Crippen LogP contribution in [0.5, 0.6) is 0 Å². The number of carbonyl (C=O) groups excluding carboxylic acids is 1. The minimum Gasteiger partial charge on any atom is -0.443 e. The summed E-state index contributed by atoms with van der Waals surface area (Å²) >= 11 is 0. The largest absolute Gasteiger partial charge is 0.443 e. The summed E-state index contributed by atoms with van der Waals surface area (Å²) < 4.78 is 31.1. The molecule has 20 heavy (non-hydrogen) atoms. The second-order valence-corrected chi connectivity index (χ2v) is 5.42. The Kier molecular flexibility index (Phi) is 3.61. The lowest BCUT2D eigenvalue weighted by atomic mass is 10.1. The smallest absolute Gasteiger partial charge is 0.418 e. The Hall–Kier alpha value is -2.17. The first-order valence-electron chi connectivity index (χ1n) is 6.13. The second kappa shape index (κ2) is 5.07. The highest BCUT2D eigenvalue weighted by Crippen LogP contribution is 2.21. The van der Waals surface area contributed by atoms with Gasteiger partial charge in [0.1, 0.15) is 5.60 Å². The topological polar surface area (TPSA) is 31.2 Å². The lowest BCUT2D eigenvalue weighted by Crippen LogP contribution is -2.26. The molecule has 0 amide bonds. The SMILES string of the molecule is CC(C)(C)OC(=O)n1ccc2cc(/C=C(\F)[18F])ccc21. The van der Waals surface area contributed by atoms with E-state index in [1.54, 1.807) is 45.2 Å². The number of hydrogen-bond donors (Lipinski definition) is 0. The molecular weight excluding hydrogens is 263 g/mol. The van der Waals surface area contributed by atoms with Crippen LogP contribution in [0.3, 0.4) is 0 Å². The van der Waals surface area contributed by atoms with Gasteiger partial charge in [0, 0.05) is 17.7 Å². The van der Waals surface area contributed by atoms with Crippen molar-refractivity contribution in [3.05, 3.63) is 42.1 Å². The average Bonchev–Trinajstić information content (AvgIpc) is 2.68. The monoisotopic (exact) mass is 278 g/mol. The van der Waals surface area contributed by atoms with E-state index in [1.807, 2.05) is 0 Å². The molecule has 0 saturated heterocycles. The molecule has 0 atom stereocenters. The Morgan fingerprint density at radius 3 is 2.55 bits per heavy atom.